The molecule has 0 unspecified atom stereocenters. The van der Waals surface area contributed by atoms with E-state index in [-0.39, 0.29) is 26.4 Å². The Hall–Kier alpha value is -10.0. The Labute approximate surface area is 437 Å². The molecule has 0 heterocycles. The molecule has 75 heavy (non-hydrogen) atoms. The summed E-state index contributed by atoms with van der Waals surface area (Å²) in [7, 11) is 0. The monoisotopic (exact) mass is 966 g/mol. The molecule has 2 aliphatic carbocycles. The number of hydrogen-bond acceptors (Lipinski definition) is 5. The Morgan fingerprint density at radius 1 is 0.347 bits per heavy atom. The van der Waals surface area contributed by atoms with E-state index >= 15 is 0 Å². The molecule has 0 spiro atoms. The van der Waals surface area contributed by atoms with Crippen LogP contribution in [-0.2, 0) is 22.2 Å². The zero-order valence-electron chi connectivity index (χ0n) is 40.8. The largest absolute Gasteiger partial charge is 0.481 e. The molecule has 0 saturated heterocycles. The van der Waals surface area contributed by atoms with Crippen molar-refractivity contribution >= 4 is 21.5 Å². The van der Waals surface area contributed by atoms with Gasteiger partial charge in [-0.3, -0.25) is 0 Å². The molecule has 0 fully saturated rings. The summed E-state index contributed by atoms with van der Waals surface area (Å²) in [5, 5.41) is 3.87. The van der Waals surface area contributed by atoms with Crippen LogP contribution in [0.4, 0.5) is 0 Å². The summed E-state index contributed by atoms with van der Waals surface area (Å²) in [6.45, 7) is 0.667. The van der Waals surface area contributed by atoms with Crippen LogP contribution in [0.25, 0.3) is 43.8 Å². The Kier molecular flexibility index (Phi) is 11.8. The highest BCUT2D eigenvalue weighted by Crippen LogP contribution is 2.60. The molecular weight excluding hydrogens is 921 g/mol. The molecular formula is C70H46O5. The van der Waals surface area contributed by atoms with E-state index in [0.717, 1.165) is 60.5 Å². The van der Waals surface area contributed by atoms with Gasteiger partial charge in [0.2, 0.25) is 0 Å². The van der Waals surface area contributed by atoms with E-state index in [1.54, 1.807) is 0 Å². The standard InChI is InChI=1S/C70H46O5/c1-5-41-72-52-34-36-54-47(46-71-8-4)25-38-66(60(54)44-52)69(62-21-13-9-17-55(62)56-18-10-14-22-63(56)69)48-26-30-50(31-27-48)75-51-32-28-49(29-33-51)70(64-23-15-11-19-57(64)58-20-12-16-24-65(58)70)67-39-40-68(74-43-7-3)59-37-35-53(45-61(59)67)73-42-6-2/h1-4,9-40,44-45H,41-43,46H2. The second kappa shape index (κ2) is 19.2. The predicted octanol–water partition coefficient (Wildman–Crippen LogP) is 14.7. The van der Waals surface area contributed by atoms with Crippen LogP contribution in [0.5, 0.6) is 28.7 Å². The normalized spacial score (nSPS) is 12.9. The zero-order chi connectivity index (χ0) is 50.9. The lowest BCUT2D eigenvalue weighted by molar-refractivity contribution is 0.267. The van der Waals surface area contributed by atoms with Crippen molar-refractivity contribution < 1.29 is 23.7 Å². The molecule has 10 aromatic rings. The van der Waals surface area contributed by atoms with Gasteiger partial charge < -0.3 is 23.7 Å². The second-order valence-electron chi connectivity index (χ2n) is 18.5. The maximum Gasteiger partial charge on any atom is 0.148 e. The maximum atomic E-state index is 6.79. The Morgan fingerprint density at radius 2 is 0.747 bits per heavy atom. The van der Waals surface area contributed by atoms with Gasteiger partial charge in [-0.2, -0.15) is 0 Å². The van der Waals surface area contributed by atoms with Gasteiger partial charge in [0.25, 0.3) is 0 Å². The second-order valence-corrected chi connectivity index (χ2v) is 18.5. The van der Waals surface area contributed by atoms with E-state index in [1.165, 1.54) is 33.4 Å². The van der Waals surface area contributed by atoms with Crippen LogP contribution in [-0.4, -0.2) is 19.8 Å². The molecule has 0 N–H and O–H groups in total. The topological polar surface area (TPSA) is 46.2 Å². The summed E-state index contributed by atoms with van der Waals surface area (Å²) in [4.78, 5) is 0. The minimum Gasteiger partial charge on any atom is -0.481 e. The van der Waals surface area contributed by atoms with Crippen molar-refractivity contribution in [1.82, 2.24) is 0 Å². The van der Waals surface area contributed by atoms with Gasteiger partial charge in [0.15, 0.2) is 0 Å². The lowest BCUT2D eigenvalue weighted by atomic mass is 9.66. The first-order chi connectivity index (χ1) is 37.0. The first-order valence-electron chi connectivity index (χ1n) is 24.7. The van der Waals surface area contributed by atoms with E-state index in [1.807, 2.05) is 24.3 Å². The smallest absolute Gasteiger partial charge is 0.148 e. The van der Waals surface area contributed by atoms with Crippen LogP contribution in [0.15, 0.2) is 206 Å². The minimum atomic E-state index is -0.756. The Balaban J connectivity index is 0.979. The summed E-state index contributed by atoms with van der Waals surface area (Å²) in [5.41, 5.74) is 13.1. The summed E-state index contributed by atoms with van der Waals surface area (Å²) >= 11 is 0. The van der Waals surface area contributed by atoms with Crippen molar-refractivity contribution in [3.8, 4) is 101 Å². The molecule has 5 heteroatoms. The van der Waals surface area contributed by atoms with E-state index in [4.69, 9.17) is 49.4 Å². The first kappa shape index (κ1) is 46.1. The highest BCUT2D eigenvalue weighted by Gasteiger charge is 2.48. The van der Waals surface area contributed by atoms with Crippen LogP contribution in [0.3, 0.4) is 0 Å². The maximum absolute atomic E-state index is 6.79. The number of benzene rings is 10. The van der Waals surface area contributed by atoms with Gasteiger partial charge in [0.05, 0.1) is 10.8 Å². The number of fused-ring (bicyclic) bond motifs is 8. The van der Waals surface area contributed by atoms with Gasteiger partial charge in [-0.15, -0.1) is 19.3 Å². The van der Waals surface area contributed by atoms with E-state index in [2.05, 4.69) is 206 Å². The minimum absolute atomic E-state index is 0.133. The number of ether oxygens (including phenoxy) is 5. The molecule has 0 saturated carbocycles. The molecule has 12 rings (SSSR count). The third-order valence-electron chi connectivity index (χ3n) is 14.8. The fraction of sp³-hybridized carbons (Fsp3) is 0.0857. The highest BCUT2D eigenvalue weighted by atomic mass is 16.5. The zero-order valence-corrected chi connectivity index (χ0v) is 40.8. The average Bonchev–Trinajstić information content (AvgIpc) is 3.96. The van der Waals surface area contributed by atoms with E-state index < -0.39 is 10.8 Å². The van der Waals surface area contributed by atoms with Crippen molar-refractivity contribution in [2.24, 2.45) is 0 Å². The molecule has 0 aliphatic heterocycles. The molecule has 0 aromatic heterocycles. The fourth-order valence-electron chi connectivity index (χ4n) is 11.9. The first-order valence-corrected chi connectivity index (χ1v) is 24.7. The van der Waals surface area contributed by atoms with Gasteiger partial charge in [0, 0.05) is 5.39 Å². The van der Waals surface area contributed by atoms with Crippen molar-refractivity contribution in [2.45, 2.75) is 17.4 Å². The third kappa shape index (κ3) is 7.42. The van der Waals surface area contributed by atoms with Gasteiger partial charge in [-0.25, -0.2) is 0 Å². The Bertz CT molecular complexity index is 3690. The molecule has 0 atom stereocenters. The van der Waals surface area contributed by atoms with E-state index in [9.17, 15) is 0 Å². The van der Waals surface area contributed by atoms with Crippen LogP contribution >= 0.6 is 0 Å². The van der Waals surface area contributed by atoms with Crippen LogP contribution in [0.2, 0.25) is 0 Å². The quantitative estimate of drug-likeness (QED) is 0.102. The van der Waals surface area contributed by atoms with Crippen LogP contribution < -0.4 is 18.9 Å². The van der Waals surface area contributed by atoms with E-state index in [0.29, 0.717) is 28.7 Å². The van der Waals surface area contributed by atoms with Gasteiger partial charge in [-0.05, 0) is 149 Å². The van der Waals surface area contributed by atoms with Crippen molar-refractivity contribution in [3.05, 3.63) is 256 Å². The molecule has 10 aromatic carbocycles. The average molecular weight is 967 g/mol. The number of hydrogen-bond donors (Lipinski definition) is 0. The molecule has 0 bridgehead atoms. The number of rotatable bonds is 14. The van der Waals surface area contributed by atoms with Crippen molar-refractivity contribution in [1.29, 1.82) is 0 Å². The molecule has 5 nitrogen and oxygen atoms in total. The third-order valence-corrected chi connectivity index (χ3v) is 14.8. The van der Waals surface area contributed by atoms with Crippen molar-refractivity contribution in [3.63, 3.8) is 0 Å². The van der Waals surface area contributed by atoms with Crippen LogP contribution in [0, 0.1) is 49.6 Å². The van der Waals surface area contributed by atoms with Crippen LogP contribution in [0.1, 0.15) is 50.1 Å². The molecule has 0 amide bonds. The predicted molar refractivity (Wildman–Crippen MR) is 299 cm³/mol. The fourth-order valence-corrected chi connectivity index (χ4v) is 11.9. The lowest BCUT2D eigenvalue weighted by Gasteiger charge is -2.35. The Morgan fingerprint density at radius 3 is 1.20 bits per heavy atom. The summed E-state index contributed by atoms with van der Waals surface area (Å²) in [6.07, 6.45) is 25.0. The van der Waals surface area contributed by atoms with Gasteiger partial charge in [-0.1, -0.05) is 170 Å². The van der Waals surface area contributed by atoms with Crippen molar-refractivity contribution in [2.75, 3.05) is 19.8 Å². The molecule has 0 radical (unpaired) electrons. The van der Waals surface area contributed by atoms with Gasteiger partial charge >= 0.3 is 0 Å². The van der Waals surface area contributed by atoms with Gasteiger partial charge in [0.1, 0.15) is 61.3 Å². The summed E-state index contributed by atoms with van der Waals surface area (Å²) in [5.74, 6) is 11.2. The number of terminal acetylenes is 4. The highest BCUT2D eigenvalue weighted by molar-refractivity contribution is 5.99. The summed E-state index contributed by atoms with van der Waals surface area (Å²) < 4.78 is 30.6. The SMILES string of the molecule is C#CCOc1ccc2c(COC#C)ccc(C3(c4ccc(Oc5ccc(C6(c7ccc(OCC#C)c8ccc(OCC#C)cc78)c7ccccc7-c7ccccc76)cc5)cc4)c4ccccc4-c4ccccc43)c2c1. The molecule has 356 valence electrons. The lowest BCUT2D eigenvalue weighted by Crippen LogP contribution is -2.29. The molecule has 2 aliphatic rings. The summed E-state index contributed by atoms with van der Waals surface area (Å²) in [6, 6.07) is 72.3.